The lowest BCUT2D eigenvalue weighted by Gasteiger charge is -2.31. The first-order valence-corrected chi connectivity index (χ1v) is 9.22. The van der Waals surface area contributed by atoms with Crippen molar-refractivity contribution in [1.82, 2.24) is 14.8 Å². The number of carbonyl (C=O) groups excluding carboxylic acids is 2. The van der Waals surface area contributed by atoms with Gasteiger partial charge in [-0.2, -0.15) is 0 Å². The van der Waals surface area contributed by atoms with Crippen LogP contribution < -0.4 is 5.32 Å². The van der Waals surface area contributed by atoms with Crippen molar-refractivity contribution in [3.63, 3.8) is 0 Å². The molecule has 0 bridgehead atoms. The molecule has 2 aromatic rings. The molecular formula is C20H27N3O3. The Hall–Kier alpha value is -2.34. The maximum Gasteiger partial charge on any atom is 0.270 e. The van der Waals surface area contributed by atoms with Crippen LogP contribution in [0, 0.1) is 5.92 Å². The molecule has 0 spiro atoms. The summed E-state index contributed by atoms with van der Waals surface area (Å²) in [6.45, 7) is 2.53. The summed E-state index contributed by atoms with van der Waals surface area (Å²) in [5.41, 5.74) is 1.76. The number of benzene rings is 1. The van der Waals surface area contributed by atoms with Gasteiger partial charge in [-0.25, -0.2) is 0 Å². The summed E-state index contributed by atoms with van der Waals surface area (Å²) in [6.07, 6.45) is 2.25. The highest BCUT2D eigenvalue weighted by molar-refractivity contribution is 5.98. The van der Waals surface area contributed by atoms with Gasteiger partial charge in [-0.3, -0.25) is 9.59 Å². The number of para-hydroxylation sites is 1. The zero-order valence-corrected chi connectivity index (χ0v) is 15.5. The van der Waals surface area contributed by atoms with Crippen molar-refractivity contribution in [2.24, 2.45) is 13.0 Å². The second-order valence-electron chi connectivity index (χ2n) is 6.85. The van der Waals surface area contributed by atoms with Gasteiger partial charge < -0.3 is 19.5 Å². The van der Waals surface area contributed by atoms with Gasteiger partial charge in [0.25, 0.3) is 5.91 Å². The summed E-state index contributed by atoms with van der Waals surface area (Å²) in [7, 11) is 3.58. The molecule has 1 fully saturated rings. The Morgan fingerprint density at radius 2 is 1.96 bits per heavy atom. The first kappa shape index (κ1) is 18.5. The topological polar surface area (TPSA) is 63.6 Å². The Kier molecular flexibility index (Phi) is 5.93. The van der Waals surface area contributed by atoms with Crippen LogP contribution in [-0.4, -0.2) is 54.6 Å². The van der Waals surface area contributed by atoms with Crippen LogP contribution in [0.15, 0.2) is 30.3 Å². The van der Waals surface area contributed by atoms with Gasteiger partial charge in [0.15, 0.2) is 0 Å². The number of ether oxygens (including phenoxy) is 1. The van der Waals surface area contributed by atoms with Gasteiger partial charge in [-0.1, -0.05) is 18.2 Å². The molecular weight excluding hydrogens is 330 g/mol. The van der Waals surface area contributed by atoms with Crippen LogP contribution in [0.5, 0.6) is 0 Å². The van der Waals surface area contributed by atoms with Crippen molar-refractivity contribution in [1.29, 1.82) is 0 Å². The molecule has 1 aromatic heterocycles. The molecule has 0 aliphatic carbocycles. The van der Waals surface area contributed by atoms with E-state index in [4.69, 9.17) is 4.74 Å². The minimum atomic E-state index is -0.00548. The Balaban J connectivity index is 1.56. The minimum Gasteiger partial charge on any atom is -0.385 e. The summed E-state index contributed by atoms with van der Waals surface area (Å²) in [5, 5.41) is 4.04. The van der Waals surface area contributed by atoms with Crippen LogP contribution >= 0.6 is 0 Å². The summed E-state index contributed by atoms with van der Waals surface area (Å²) < 4.78 is 6.94. The van der Waals surface area contributed by atoms with Gasteiger partial charge in [0.05, 0.1) is 0 Å². The molecule has 3 rings (SSSR count). The number of nitrogens with one attached hydrogen (secondary N) is 1. The van der Waals surface area contributed by atoms with E-state index in [-0.39, 0.29) is 17.7 Å². The lowest BCUT2D eigenvalue weighted by Crippen LogP contribution is -2.43. The fraction of sp³-hybridized carbons (Fsp3) is 0.500. The van der Waals surface area contributed by atoms with E-state index in [9.17, 15) is 9.59 Å². The zero-order chi connectivity index (χ0) is 18.5. The van der Waals surface area contributed by atoms with Crippen LogP contribution in [0.1, 0.15) is 29.8 Å². The van der Waals surface area contributed by atoms with E-state index in [1.54, 1.807) is 7.11 Å². The number of nitrogens with zero attached hydrogens (tertiary/aromatic N) is 2. The van der Waals surface area contributed by atoms with Crippen LogP contribution in [-0.2, 0) is 16.6 Å². The Morgan fingerprint density at radius 1 is 1.23 bits per heavy atom. The Morgan fingerprint density at radius 3 is 2.65 bits per heavy atom. The van der Waals surface area contributed by atoms with Crippen molar-refractivity contribution < 1.29 is 14.3 Å². The molecule has 26 heavy (non-hydrogen) atoms. The zero-order valence-electron chi connectivity index (χ0n) is 15.5. The minimum absolute atomic E-state index is 0.00548. The molecule has 1 aliphatic rings. The molecule has 1 saturated heterocycles. The van der Waals surface area contributed by atoms with Gasteiger partial charge in [-0.05, 0) is 31.4 Å². The van der Waals surface area contributed by atoms with E-state index in [2.05, 4.69) is 5.32 Å². The smallest absolute Gasteiger partial charge is 0.270 e. The maximum atomic E-state index is 12.9. The summed E-state index contributed by atoms with van der Waals surface area (Å²) in [6, 6.07) is 9.95. The number of likely N-dealkylation sites (tertiary alicyclic amines) is 1. The van der Waals surface area contributed by atoms with Crippen molar-refractivity contribution in [2.45, 2.75) is 19.3 Å². The number of methoxy groups -OCH3 is 1. The predicted molar refractivity (Wildman–Crippen MR) is 101 cm³/mol. The van der Waals surface area contributed by atoms with Crippen LogP contribution in [0.3, 0.4) is 0 Å². The highest BCUT2D eigenvalue weighted by Crippen LogP contribution is 2.23. The van der Waals surface area contributed by atoms with Gasteiger partial charge >= 0.3 is 0 Å². The average Bonchev–Trinajstić information content (AvgIpc) is 3.01. The monoisotopic (exact) mass is 357 g/mol. The number of carbonyl (C=O) groups is 2. The molecule has 1 N–H and O–H groups in total. The molecule has 0 unspecified atom stereocenters. The standard InChI is InChI=1S/C20H27N3O3/c1-22-17-7-4-3-6-16(17)14-18(22)20(25)23-11-8-15(9-12-23)19(24)21-10-5-13-26-2/h3-4,6-7,14-15H,5,8-13H2,1-2H3,(H,21,24). The molecule has 140 valence electrons. The average molecular weight is 357 g/mol. The first-order valence-electron chi connectivity index (χ1n) is 9.22. The third-order valence-corrected chi connectivity index (χ3v) is 5.15. The number of rotatable bonds is 6. The van der Waals surface area contributed by atoms with Gasteiger partial charge in [-0.15, -0.1) is 0 Å². The largest absolute Gasteiger partial charge is 0.385 e. The fourth-order valence-electron chi connectivity index (χ4n) is 3.57. The highest BCUT2D eigenvalue weighted by atomic mass is 16.5. The summed E-state index contributed by atoms with van der Waals surface area (Å²) in [5.74, 6) is 0.134. The Bertz CT molecular complexity index is 776. The quantitative estimate of drug-likeness (QED) is 0.806. The summed E-state index contributed by atoms with van der Waals surface area (Å²) >= 11 is 0. The highest BCUT2D eigenvalue weighted by Gasteiger charge is 2.28. The lowest BCUT2D eigenvalue weighted by atomic mass is 9.95. The van der Waals surface area contributed by atoms with E-state index in [0.717, 1.165) is 17.3 Å². The molecule has 0 saturated carbocycles. The van der Waals surface area contributed by atoms with Gasteiger partial charge in [0.1, 0.15) is 5.69 Å². The van der Waals surface area contributed by atoms with E-state index in [1.807, 2.05) is 46.8 Å². The number of fused-ring (bicyclic) bond motifs is 1. The number of aryl methyl sites for hydroxylation is 1. The number of amides is 2. The number of aromatic nitrogens is 1. The third-order valence-electron chi connectivity index (χ3n) is 5.15. The normalized spacial score (nSPS) is 15.4. The molecule has 1 aliphatic heterocycles. The van der Waals surface area contributed by atoms with Crippen molar-refractivity contribution in [3.05, 3.63) is 36.0 Å². The van der Waals surface area contributed by atoms with E-state index in [0.29, 0.717) is 44.8 Å². The van der Waals surface area contributed by atoms with Gasteiger partial charge in [0, 0.05) is 57.2 Å². The van der Waals surface area contributed by atoms with Gasteiger partial charge in [0.2, 0.25) is 5.91 Å². The van der Waals surface area contributed by atoms with E-state index >= 15 is 0 Å². The van der Waals surface area contributed by atoms with E-state index in [1.165, 1.54) is 0 Å². The molecule has 1 aromatic carbocycles. The summed E-state index contributed by atoms with van der Waals surface area (Å²) in [4.78, 5) is 27.0. The van der Waals surface area contributed by atoms with Crippen LogP contribution in [0.25, 0.3) is 10.9 Å². The molecule has 0 atom stereocenters. The van der Waals surface area contributed by atoms with Crippen molar-refractivity contribution in [2.75, 3.05) is 33.4 Å². The van der Waals surface area contributed by atoms with Crippen molar-refractivity contribution >= 4 is 22.7 Å². The SMILES string of the molecule is COCCCNC(=O)C1CCN(C(=O)c2cc3ccccc3n2C)CC1. The van der Waals surface area contributed by atoms with E-state index < -0.39 is 0 Å². The maximum absolute atomic E-state index is 12.9. The molecule has 6 heteroatoms. The third kappa shape index (κ3) is 3.90. The molecule has 6 nitrogen and oxygen atoms in total. The van der Waals surface area contributed by atoms with Crippen molar-refractivity contribution in [3.8, 4) is 0 Å². The predicted octanol–water partition coefficient (Wildman–Crippen LogP) is 2.18. The number of hydrogen-bond acceptors (Lipinski definition) is 3. The molecule has 2 heterocycles. The molecule has 2 amide bonds. The Labute approximate surface area is 154 Å². The second kappa shape index (κ2) is 8.36. The van der Waals surface area contributed by atoms with Crippen LogP contribution in [0.2, 0.25) is 0 Å². The van der Waals surface area contributed by atoms with Crippen LogP contribution in [0.4, 0.5) is 0 Å². The second-order valence-corrected chi connectivity index (χ2v) is 6.85. The number of piperidine rings is 1. The number of hydrogen-bond donors (Lipinski definition) is 1. The lowest BCUT2D eigenvalue weighted by molar-refractivity contribution is -0.126. The fourth-order valence-corrected chi connectivity index (χ4v) is 3.57. The molecule has 0 radical (unpaired) electrons. The first-order chi connectivity index (χ1) is 12.6.